The normalized spacial score (nSPS) is 13.5. The highest BCUT2D eigenvalue weighted by Crippen LogP contribution is 2.22. The molecule has 0 saturated heterocycles. The van der Waals surface area contributed by atoms with E-state index in [0.29, 0.717) is 5.96 Å². The number of guanidine groups is 1. The van der Waals surface area contributed by atoms with Crippen LogP contribution in [-0.4, -0.2) is 31.1 Å². The molecule has 1 aromatic carbocycles. The van der Waals surface area contributed by atoms with Crippen molar-refractivity contribution in [1.29, 1.82) is 0 Å². The van der Waals surface area contributed by atoms with Gasteiger partial charge >= 0.3 is 5.97 Å². The molecule has 0 heterocycles. The van der Waals surface area contributed by atoms with Crippen molar-refractivity contribution >= 4 is 27.9 Å². The number of ether oxygens (including phenoxy) is 1. The van der Waals surface area contributed by atoms with E-state index in [4.69, 9.17) is 4.74 Å². The average molecular weight is 370 g/mol. The summed E-state index contributed by atoms with van der Waals surface area (Å²) < 4.78 is 6.28. The quantitative estimate of drug-likeness (QED) is 0.486. The summed E-state index contributed by atoms with van der Waals surface area (Å²) in [5.74, 6) is 0.234. The van der Waals surface area contributed by atoms with Gasteiger partial charge in [-0.15, -0.1) is 0 Å². The maximum absolute atomic E-state index is 11.7. The number of hydrogen-bond acceptors (Lipinski definition) is 3. The van der Waals surface area contributed by atoms with Gasteiger partial charge in [-0.25, -0.2) is 0 Å². The molecule has 0 radical (unpaired) electrons. The summed E-state index contributed by atoms with van der Waals surface area (Å²) in [6, 6.07) is 8.01. The third-order valence-corrected chi connectivity index (χ3v) is 3.49. The Hall–Kier alpha value is -1.56. The number of carbonyl (C=O) groups excluding carboxylic acids is 1. The predicted octanol–water partition coefficient (Wildman–Crippen LogP) is 3.02. The van der Waals surface area contributed by atoms with Crippen molar-refractivity contribution in [3.63, 3.8) is 0 Å². The Morgan fingerprint density at radius 3 is 2.55 bits per heavy atom. The molecule has 0 bridgehead atoms. The molecule has 0 aliphatic rings. The van der Waals surface area contributed by atoms with E-state index < -0.39 is 5.60 Å². The second-order valence-electron chi connectivity index (χ2n) is 5.90. The van der Waals surface area contributed by atoms with Gasteiger partial charge in [0.2, 0.25) is 0 Å². The molecule has 0 spiro atoms. The predicted molar refractivity (Wildman–Crippen MR) is 92.9 cm³/mol. The lowest BCUT2D eigenvalue weighted by Gasteiger charge is -2.21. The van der Waals surface area contributed by atoms with Crippen LogP contribution in [0.2, 0.25) is 0 Å². The smallest absolute Gasteiger partial charge is 0.325 e. The zero-order valence-corrected chi connectivity index (χ0v) is 15.3. The van der Waals surface area contributed by atoms with Gasteiger partial charge in [-0.1, -0.05) is 34.1 Å². The summed E-state index contributed by atoms with van der Waals surface area (Å²) in [4.78, 5) is 15.8. The van der Waals surface area contributed by atoms with E-state index in [1.807, 2.05) is 52.0 Å². The number of carbonyl (C=O) groups is 1. The van der Waals surface area contributed by atoms with E-state index >= 15 is 0 Å². The monoisotopic (exact) mass is 369 g/mol. The Morgan fingerprint density at radius 1 is 1.36 bits per heavy atom. The molecule has 5 nitrogen and oxygen atoms in total. The molecule has 0 aromatic heterocycles. The molecule has 1 atom stereocenters. The van der Waals surface area contributed by atoms with Crippen molar-refractivity contribution in [2.45, 2.75) is 39.3 Å². The molecule has 122 valence electrons. The van der Waals surface area contributed by atoms with E-state index in [-0.39, 0.29) is 18.6 Å². The van der Waals surface area contributed by atoms with Crippen LogP contribution in [0.4, 0.5) is 0 Å². The molecule has 1 aromatic rings. The van der Waals surface area contributed by atoms with Crippen molar-refractivity contribution < 1.29 is 9.53 Å². The summed E-state index contributed by atoms with van der Waals surface area (Å²) >= 11 is 3.53. The van der Waals surface area contributed by atoms with Crippen LogP contribution in [0.5, 0.6) is 0 Å². The number of hydrogen-bond donors (Lipinski definition) is 2. The Bertz CT molecular complexity index is 538. The number of rotatable bonds is 4. The van der Waals surface area contributed by atoms with Crippen LogP contribution in [0.1, 0.15) is 39.3 Å². The van der Waals surface area contributed by atoms with Gasteiger partial charge in [0.25, 0.3) is 0 Å². The number of nitrogens with one attached hydrogen (secondary N) is 2. The minimum atomic E-state index is -0.488. The Balaban J connectivity index is 2.56. The van der Waals surface area contributed by atoms with Crippen LogP contribution in [0, 0.1) is 0 Å². The number of nitrogens with zero attached hydrogens (tertiary/aromatic N) is 1. The number of halogens is 1. The van der Waals surface area contributed by atoms with Crippen molar-refractivity contribution in [2.24, 2.45) is 4.99 Å². The summed E-state index contributed by atoms with van der Waals surface area (Å²) in [6.07, 6.45) is 0. The maximum atomic E-state index is 11.7. The van der Waals surface area contributed by atoms with Gasteiger partial charge in [0, 0.05) is 11.5 Å². The number of benzene rings is 1. The second kappa shape index (κ2) is 8.17. The standard InChI is InChI=1S/C16H24BrN3O2/c1-11(12-8-6-7-9-13(12)17)20-15(18-5)19-10-14(21)22-16(2,3)4/h6-9,11H,10H2,1-5H3,(H2,18,19,20). The van der Waals surface area contributed by atoms with E-state index in [1.165, 1.54) is 0 Å². The Kier molecular flexibility index (Phi) is 6.87. The summed E-state index contributed by atoms with van der Waals surface area (Å²) in [5, 5.41) is 6.20. The van der Waals surface area contributed by atoms with Crippen LogP contribution in [0.15, 0.2) is 33.7 Å². The van der Waals surface area contributed by atoms with E-state index in [9.17, 15) is 4.79 Å². The van der Waals surface area contributed by atoms with E-state index in [0.717, 1.165) is 10.0 Å². The first-order valence-corrected chi connectivity index (χ1v) is 7.95. The van der Waals surface area contributed by atoms with Gasteiger partial charge in [-0.05, 0) is 39.3 Å². The van der Waals surface area contributed by atoms with Gasteiger partial charge in [0.15, 0.2) is 5.96 Å². The lowest BCUT2D eigenvalue weighted by molar-refractivity contribution is -0.153. The SMILES string of the molecule is CN=C(NCC(=O)OC(C)(C)C)NC(C)c1ccccc1Br. The van der Waals surface area contributed by atoms with Gasteiger partial charge in [0.1, 0.15) is 12.1 Å². The lowest BCUT2D eigenvalue weighted by atomic mass is 10.1. The highest BCUT2D eigenvalue weighted by molar-refractivity contribution is 9.10. The fraction of sp³-hybridized carbons (Fsp3) is 0.500. The zero-order chi connectivity index (χ0) is 16.8. The first-order valence-electron chi connectivity index (χ1n) is 7.16. The molecule has 2 N–H and O–H groups in total. The Morgan fingerprint density at radius 2 is 2.00 bits per heavy atom. The molecule has 0 fully saturated rings. The first-order chi connectivity index (χ1) is 10.2. The molecule has 1 unspecified atom stereocenters. The van der Waals surface area contributed by atoms with E-state index in [1.54, 1.807) is 7.05 Å². The third kappa shape index (κ3) is 6.47. The largest absolute Gasteiger partial charge is 0.459 e. The summed E-state index contributed by atoms with van der Waals surface area (Å²) in [6.45, 7) is 7.62. The van der Waals surface area contributed by atoms with Crippen molar-refractivity contribution in [3.8, 4) is 0 Å². The molecular formula is C16H24BrN3O2. The lowest BCUT2D eigenvalue weighted by Crippen LogP contribution is -2.42. The zero-order valence-electron chi connectivity index (χ0n) is 13.7. The highest BCUT2D eigenvalue weighted by Gasteiger charge is 2.17. The van der Waals surface area contributed by atoms with Gasteiger partial charge in [-0.3, -0.25) is 9.79 Å². The topological polar surface area (TPSA) is 62.7 Å². The molecule has 0 saturated carbocycles. The van der Waals surface area contributed by atoms with Gasteiger partial charge in [0.05, 0.1) is 6.04 Å². The van der Waals surface area contributed by atoms with Crippen molar-refractivity contribution in [3.05, 3.63) is 34.3 Å². The van der Waals surface area contributed by atoms with Crippen LogP contribution >= 0.6 is 15.9 Å². The molecule has 22 heavy (non-hydrogen) atoms. The summed E-state index contributed by atoms with van der Waals surface area (Å²) in [7, 11) is 1.66. The van der Waals surface area contributed by atoms with Crippen LogP contribution in [-0.2, 0) is 9.53 Å². The number of aliphatic imine (C=N–C) groups is 1. The fourth-order valence-electron chi connectivity index (χ4n) is 1.84. The fourth-order valence-corrected chi connectivity index (χ4v) is 2.47. The first kappa shape index (κ1) is 18.5. The van der Waals surface area contributed by atoms with E-state index in [2.05, 4.69) is 31.6 Å². The highest BCUT2D eigenvalue weighted by atomic mass is 79.9. The van der Waals surface area contributed by atoms with Gasteiger partial charge < -0.3 is 15.4 Å². The maximum Gasteiger partial charge on any atom is 0.325 e. The number of esters is 1. The third-order valence-electron chi connectivity index (χ3n) is 2.77. The minimum absolute atomic E-state index is 0.0420. The van der Waals surface area contributed by atoms with Crippen molar-refractivity contribution in [2.75, 3.05) is 13.6 Å². The molecule has 0 aliphatic heterocycles. The second-order valence-corrected chi connectivity index (χ2v) is 6.75. The Labute approximate surface area is 140 Å². The average Bonchev–Trinajstić information content (AvgIpc) is 2.41. The van der Waals surface area contributed by atoms with Crippen LogP contribution < -0.4 is 10.6 Å². The van der Waals surface area contributed by atoms with Crippen LogP contribution in [0.3, 0.4) is 0 Å². The molecule has 0 amide bonds. The molecule has 0 aliphatic carbocycles. The summed E-state index contributed by atoms with van der Waals surface area (Å²) in [5.41, 5.74) is 0.625. The minimum Gasteiger partial charge on any atom is -0.459 e. The molecular weight excluding hydrogens is 346 g/mol. The molecule has 1 rings (SSSR count). The molecule has 6 heteroatoms. The van der Waals surface area contributed by atoms with Crippen molar-refractivity contribution in [1.82, 2.24) is 10.6 Å². The van der Waals surface area contributed by atoms with Gasteiger partial charge in [-0.2, -0.15) is 0 Å². The van der Waals surface area contributed by atoms with Crippen LogP contribution in [0.25, 0.3) is 0 Å².